The van der Waals surface area contributed by atoms with E-state index >= 15 is 0 Å². The number of piperidine rings is 1. The molecule has 0 saturated carbocycles. The highest BCUT2D eigenvalue weighted by atomic mass is 32.2. The number of hydrogen-bond acceptors (Lipinski definition) is 7. The minimum atomic E-state index is -3.45. The molecule has 2 amide bonds. The van der Waals surface area contributed by atoms with Gasteiger partial charge in [-0.05, 0) is 75.4 Å². The van der Waals surface area contributed by atoms with E-state index in [0.717, 1.165) is 48.1 Å². The summed E-state index contributed by atoms with van der Waals surface area (Å²) < 4.78 is 29.4. The summed E-state index contributed by atoms with van der Waals surface area (Å²) in [5, 5.41) is 6.20. The quantitative estimate of drug-likeness (QED) is 0.439. The molecule has 3 aromatic rings. The number of carbonyl (C=O) groups excluding carboxylic acids is 2. The van der Waals surface area contributed by atoms with Crippen LogP contribution in [0.15, 0.2) is 48.5 Å². The van der Waals surface area contributed by atoms with Gasteiger partial charge in [0.05, 0.1) is 22.5 Å². The van der Waals surface area contributed by atoms with Crippen molar-refractivity contribution in [3.8, 4) is 0 Å². The third-order valence-electron chi connectivity index (χ3n) is 7.73. The number of amides is 2. The molecule has 208 valence electrons. The van der Waals surface area contributed by atoms with Gasteiger partial charge in [-0.15, -0.1) is 0 Å². The molecule has 1 spiro atoms. The number of hydrogen-bond donors (Lipinski definition) is 2. The molecule has 0 bridgehead atoms. The fraction of sp³-hybridized carbons (Fsp3) is 0.464. The van der Waals surface area contributed by atoms with Gasteiger partial charge in [-0.25, -0.2) is 13.4 Å². The molecule has 0 aliphatic carbocycles. The standard InChI is InChI=1S/C28H35N5O4S2/c1-20(34)29-22-9-10-23-24(15-22)38-26(30-23)31-25(35)16-32-13-11-28(12-14-32)18-27(2,3)33(19-28)39(36,37)17-21-7-5-4-6-8-21/h4-10,15H,11-14,16-19H2,1-3H3,(H,29,34)(H,30,31,35). The molecule has 9 nitrogen and oxygen atoms in total. The van der Waals surface area contributed by atoms with Crippen LogP contribution in [0.4, 0.5) is 10.8 Å². The Balaban J connectivity index is 1.17. The van der Waals surface area contributed by atoms with Crippen LogP contribution in [0, 0.1) is 5.41 Å². The Kier molecular flexibility index (Phi) is 7.53. The van der Waals surface area contributed by atoms with E-state index in [1.807, 2.05) is 56.3 Å². The van der Waals surface area contributed by atoms with Crippen molar-refractivity contribution in [3.63, 3.8) is 0 Å². The zero-order chi connectivity index (χ0) is 27.8. The molecule has 11 heteroatoms. The number of thiazole rings is 1. The zero-order valence-electron chi connectivity index (χ0n) is 22.6. The van der Waals surface area contributed by atoms with E-state index in [0.29, 0.717) is 17.4 Å². The Morgan fingerprint density at radius 1 is 1.05 bits per heavy atom. The highest BCUT2D eigenvalue weighted by Gasteiger charge is 2.53. The number of nitrogens with one attached hydrogen (secondary N) is 2. The molecule has 5 rings (SSSR count). The summed E-state index contributed by atoms with van der Waals surface area (Å²) in [5.41, 5.74) is 1.75. The molecule has 0 unspecified atom stereocenters. The molecule has 2 N–H and O–H groups in total. The normalized spacial score (nSPS) is 19.4. The van der Waals surface area contributed by atoms with Crippen molar-refractivity contribution >= 4 is 54.2 Å². The molecule has 1 aromatic heterocycles. The summed E-state index contributed by atoms with van der Waals surface area (Å²) in [6, 6.07) is 14.8. The summed E-state index contributed by atoms with van der Waals surface area (Å²) in [6.07, 6.45) is 2.53. The number of nitrogens with zero attached hydrogens (tertiary/aromatic N) is 3. The lowest BCUT2D eigenvalue weighted by atomic mass is 9.74. The van der Waals surface area contributed by atoms with Gasteiger partial charge >= 0.3 is 0 Å². The van der Waals surface area contributed by atoms with E-state index in [9.17, 15) is 18.0 Å². The average molecular weight is 570 g/mol. The predicted molar refractivity (Wildman–Crippen MR) is 155 cm³/mol. The van der Waals surface area contributed by atoms with Crippen molar-refractivity contribution < 1.29 is 18.0 Å². The average Bonchev–Trinajstić information content (AvgIpc) is 3.37. The van der Waals surface area contributed by atoms with Crippen LogP contribution in [0.1, 0.15) is 45.6 Å². The summed E-state index contributed by atoms with van der Waals surface area (Å²) in [4.78, 5) is 30.8. The molecule has 2 aliphatic heterocycles. The molecule has 2 aliphatic rings. The van der Waals surface area contributed by atoms with Gasteiger partial charge in [-0.1, -0.05) is 41.7 Å². The lowest BCUT2D eigenvalue weighted by molar-refractivity contribution is -0.118. The smallest absolute Gasteiger partial charge is 0.240 e. The van der Waals surface area contributed by atoms with Gasteiger partial charge in [0.2, 0.25) is 21.8 Å². The fourth-order valence-corrected chi connectivity index (χ4v) is 9.04. The SMILES string of the molecule is CC(=O)Nc1ccc2nc(NC(=O)CN3CCC4(CC3)CN(S(=O)(=O)Cc3ccccc3)C(C)(C)C4)sc2c1. The first kappa shape index (κ1) is 27.7. The number of anilines is 2. The van der Waals surface area contributed by atoms with Crippen LogP contribution in [-0.4, -0.2) is 66.1 Å². The van der Waals surface area contributed by atoms with Crippen LogP contribution in [0.3, 0.4) is 0 Å². The lowest BCUT2D eigenvalue weighted by Crippen LogP contribution is -2.45. The maximum absolute atomic E-state index is 13.4. The topological polar surface area (TPSA) is 112 Å². The number of aromatic nitrogens is 1. The van der Waals surface area contributed by atoms with Crippen molar-refractivity contribution in [1.82, 2.24) is 14.2 Å². The number of carbonyl (C=O) groups is 2. The maximum Gasteiger partial charge on any atom is 0.240 e. The van der Waals surface area contributed by atoms with E-state index < -0.39 is 15.6 Å². The van der Waals surface area contributed by atoms with E-state index in [1.165, 1.54) is 18.3 Å². The van der Waals surface area contributed by atoms with Crippen molar-refractivity contribution in [2.45, 2.75) is 51.3 Å². The van der Waals surface area contributed by atoms with Gasteiger partial charge < -0.3 is 10.6 Å². The van der Waals surface area contributed by atoms with Crippen LogP contribution < -0.4 is 10.6 Å². The maximum atomic E-state index is 13.4. The van der Waals surface area contributed by atoms with Crippen molar-refractivity contribution in [3.05, 3.63) is 54.1 Å². The minimum Gasteiger partial charge on any atom is -0.326 e. The Morgan fingerprint density at radius 2 is 1.77 bits per heavy atom. The van der Waals surface area contributed by atoms with Gasteiger partial charge in [0, 0.05) is 24.7 Å². The number of likely N-dealkylation sites (tertiary alicyclic amines) is 1. The van der Waals surface area contributed by atoms with Crippen LogP contribution in [0.5, 0.6) is 0 Å². The van der Waals surface area contributed by atoms with Gasteiger partial charge in [-0.2, -0.15) is 4.31 Å². The molecule has 0 atom stereocenters. The van der Waals surface area contributed by atoms with Crippen molar-refractivity contribution in [2.75, 3.05) is 36.8 Å². The Bertz CT molecular complexity index is 1480. The summed E-state index contributed by atoms with van der Waals surface area (Å²) in [7, 11) is -3.45. The molecule has 2 saturated heterocycles. The Labute approximate surface area is 233 Å². The van der Waals surface area contributed by atoms with Gasteiger partial charge in [0.1, 0.15) is 0 Å². The number of rotatable bonds is 7. The molecular weight excluding hydrogens is 534 g/mol. The van der Waals surface area contributed by atoms with E-state index in [2.05, 4.69) is 20.5 Å². The van der Waals surface area contributed by atoms with E-state index in [4.69, 9.17) is 0 Å². The third-order valence-corrected chi connectivity index (χ3v) is 10.7. The second-order valence-electron chi connectivity index (χ2n) is 11.4. The summed E-state index contributed by atoms with van der Waals surface area (Å²) in [6.45, 7) is 7.81. The second-order valence-corrected chi connectivity index (χ2v) is 14.4. The molecule has 39 heavy (non-hydrogen) atoms. The number of fused-ring (bicyclic) bond motifs is 1. The first-order valence-electron chi connectivity index (χ1n) is 13.2. The molecule has 2 fully saturated rings. The molecule has 3 heterocycles. The van der Waals surface area contributed by atoms with Crippen molar-refractivity contribution in [1.29, 1.82) is 0 Å². The Hall–Kier alpha value is -2.86. The zero-order valence-corrected chi connectivity index (χ0v) is 24.2. The fourth-order valence-electron chi connectivity index (χ4n) is 6.06. The number of sulfonamides is 1. The van der Waals surface area contributed by atoms with Gasteiger partial charge in [0.25, 0.3) is 0 Å². The highest BCUT2D eigenvalue weighted by molar-refractivity contribution is 7.88. The second kappa shape index (κ2) is 10.6. The van der Waals surface area contributed by atoms with Gasteiger partial charge in [-0.3, -0.25) is 14.5 Å². The monoisotopic (exact) mass is 569 g/mol. The van der Waals surface area contributed by atoms with E-state index in [-0.39, 0.29) is 29.5 Å². The Morgan fingerprint density at radius 3 is 2.46 bits per heavy atom. The minimum absolute atomic E-state index is 0.0139. The molecule has 2 aromatic carbocycles. The van der Waals surface area contributed by atoms with Crippen LogP contribution >= 0.6 is 11.3 Å². The predicted octanol–water partition coefficient (Wildman–Crippen LogP) is 4.29. The van der Waals surface area contributed by atoms with Crippen LogP contribution in [0.25, 0.3) is 10.2 Å². The van der Waals surface area contributed by atoms with E-state index in [1.54, 1.807) is 10.4 Å². The summed E-state index contributed by atoms with van der Waals surface area (Å²) >= 11 is 1.37. The largest absolute Gasteiger partial charge is 0.326 e. The first-order valence-corrected chi connectivity index (χ1v) is 15.6. The van der Waals surface area contributed by atoms with Gasteiger partial charge in [0.15, 0.2) is 5.13 Å². The van der Waals surface area contributed by atoms with Crippen molar-refractivity contribution in [2.24, 2.45) is 5.41 Å². The first-order chi connectivity index (χ1) is 18.4. The lowest BCUT2D eigenvalue weighted by Gasteiger charge is -2.39. The highest BCUT2D eigenvalue weighted by Crippen LogP contribution is 2.49. The van der Waals surface area contributed by atoms with Crippen LogP contribution in [0.2, 0.25) is 0 Å². The third kappa shape index (κ3) is 6.32. The number of benzene rings is 2. The van der Waals surface area contributed by atoms with Crippen LogP contribution in [-0.2, 0) is 25.4 Å². The molecule has 0 radical (unpaired) electrons. The summed E-state index contributed by atoms with van der Waals surface area (Å²) in [5.74, 6) is -0.246. The molecular formula is C28H35N5O4S2.